The topological polar surface area (TPSA) is 54.2 Å². The maximum Gasteiger partial charge on any atom is 0.0949 e. The molecular formula is C15H20N4O. The fourth-order valence-electron chi connectivity index (χ4n) is 2.81. The van der Waals surface area contributed by atoms with E-state index in [0.717, 1.165) is 30.9 Å². The Morgan fingerprint density at radius 3 is 3.00 bits per heavy atom. The molecule has 5 heteroatoms. The van der Waals surface area contributed by atoms with Crippen LogP contribution in [0.3, 0.4) is 0 Å². The third kappa shape index (κ3) is 2.34. The molecule has 0 spiro atoms. The molecule has 0 unspecified atom stereocenters. The van der Waals surface area contributed by atoms with Gasteiger partial charge in [-0.15, -0.1) is 0 Å². The first-order chi connectivity index (χ1) is 9.69. The van der Waals surface area contributed by atoms with Crippen molar-refractivity contribution in [1.29, 1.82) is 0 Å². The molecule has 0 bridgehead atoms. The predicted octanol–water partition coefficient (Wildman–Crippen LogP) is 1.04. The minimum atomic E-state index is 0.138. The Morgan fingerprint density at radius 1 is 1.40 bits per heavy atom. The summed E-state index contributed by atoms with van der Waals surface area (Å²) in [5.41, 5.74) is 4.62. The van der Waals surface area contributed by atoms with Crippen LogP contribution < -0.4 is 0 Å². The van der Waals surface area contributed by atoms with Gasteiger partial charge in [0.2, 0.25) is 0 Å². The zero-order chi connectivity index (χ0) is 14.1. The fourth-order valence-corrected chi connectivity index (χ4v) is 2.81. The Morgan fingerprint density at radius 2 is 2.25 bits per heavy atom. The molecular weight excluding hydrogens is 252 g/mol. The van der Waals surface area contributed by atoms with Gasteiger partial charge in [-0.2, -0.15) is 0 Å². The van der Waals surface area contributed by atoms with E-state index in [1.807, 2.05) is 25.6 Å². The first kappa shape index (κ1) is 13.3. The fraction of sp³-hybridized carbons (Fsp3) is 0.467. The van der Waals surface area contributed by atoms with E-state index in [1.165, 1.54) is 11.3 Å². The number of fused-ring (bicyclic) bond motifs is 1. The number of nitrogens with zero attached hydrogens (tertiary/aromatic N) is 4. The number of imidazole rings is 1. The summed E-state index contributed by atoms with van der Waals surface area (Å²) in [6.07, 6.45) is 4.52. The van der Waals surface area contributed by atoms with Crippen LogP contribution in [0.4, 0.5) is 0 Å². The lowest BCUT2D eigenvalue weighted by atomic mass is 10.0. The summed E-state index contributed by atoms with van der Waals surface area (Å²) in [5.74, 6) is 0. The second-order valence-electron chi connectivity index (χ2n) is 5.46. The minimum Gasteiger partial charge on any atom is -0.395 e. The van der Waals surface area contributed by atoms with Gasteiger partial charge in [0.25, 0.3) is 0 Å². The maximum atomic E-state index is 9.67. The number of hydrogen-bond acceptors (Lipinski definition) is 4. The molecule has 0 aromatic carbocycles. The largest absolute Gasteiger partial charge is 0.395 e. The van der Waals surface area contributed by atoms with Crippen molar-refractivity contribution in [2.45, 2.75) is 32.5 Å². The van der Waals surface area contributed by atoms with Crippen LogP contribution in [0.5, 0.6) is 0 Å². The number of aromatic nitrogens is 3. The quantitative estimate of drug-likeness (QED) is 0.907. The Labute approximate surface area is 118 Å². The first-order valence-corrected chi connectivity index (χ1v) is 6.93. The number of aliphatic hydroxyl groups excluding tert-OH is 1. The van der Waals surface area contributed by atoms with Crippen LogP contribution in [0.2, 0.25) is 0 Å². The highest BCUT2D eigenvalue weighted by Gasteiger charge is 2.28. The molecule has 2 aromatic rings. The van der Waals surface area contributed by atoms with Gasteiger partial charge in [-0.25, -0.2) is 4.98 Å². The molecule has 3 rings (SSSR count). The molecule has 1 aliphatic heterocycles. The van der Waals surface area contributed by atoms with E-state index in [2.05, 4.69) is 32.4 Å². The predicted molar refractivity (Wildman–Crippen MR) is 76.0 cm³/mol. The molecule has 0 fully saturated rings. The van der Waals surface area contributed by atoms with Gasteiger partial charge in [0, 0.05) is 44.5 Å². The lowest BCUT2D eigenvalue weighted by molar-refractivity contribution is 0.0954. The number of aryl methyl sites for hydroxylation is 2. The number of aliphatic hydroxyl groups is 1. The van der Waals surface area contributed by atoms with Crippen molar-refractivity contribution in [3.63, 3.8) is 0 Å². The van der Waals surface area contributed by atoms with Crippen molar-refractivity contribution >= 4 is 0 Å². The van der Waals surface area contributed by atoms with E-state index in [0.29, 0.717) is 0 Å². The van der Waals surface area contributed by atoms with Gasteiger partial charge in [0.05, 0.1) is 24.3 Å². The second kappa shape index (κ2) is 5.34. The van der Waals surface area contributed by atoms with Crippen molar-refractivity contribution in [2.75, 3.05) is 6.61 Å². The molecule has 0 saturated heterocycles. The molecule has 1 aliphatic rings. The first-order valence-electron chi connectivity index (χ1n) is 6.93. The van der Waals surface area contributed by atoms with Crippen LogP contribution in [0.25, 0.3) is 0 Å². The zero-order valence-corrected chi connectivity index (χ0v) is 12.0. The van der Waals surface area contributed by atoms with Gasteiger partial charge in [-0.3, -0.25) is 9.88 Å². The van der Waals surface area contributed by atoms with Crippen LogP contribution in [-0.2, 0) is 26.6 Å². The van der Waals surface area contributed by atoms with Gasteiger partial charge < -0.3 is 9.67 Å². The summed E-state index contributed by atoms with van der Waals surface area (Å²) >= 11 is 0. The highest BCUT2D eigenvalue weighted by atomic mass is 16.3. The summed E-state index contributed by atoms with van der Waals surface area (Å²) in [7, 11) is 2.01. The summed E-state index contributed by atoms with van der Waals surface area (Å²) in [4.78, 5) is 11.2. The maximum absolute atomic E-state index is 9.67. The summed E-state index contributed by atoms with van der Waals surface area (Å²) in [6, 6.07) is 4.17. The van der Waals surface area contributed by atoms with Crippen molar-refractivity contribution in [3.8, 4) is 0 Å². The smallest absolute Gasteiger partial charge is 0.0949 e. The van der Waals surface area contributed by atoms with Crippen molar-refractivity contribution < 1.29 is 5.11 Å². The van der Waals surface area contributed by atoms with E-state index in [4.69, 9.17) is 0 Å². The van der Waals surface area contributed by atoms with E-state index >= 15 is 0 Å². The van der Waals surface area contributed by atoms with Crippen LogP contribution in [0.15, 0.2) is 24.7 Å². The molecule has 3 heterocycles. The minimum absolute atomic E-state index is 0.138. The van der Waals surface area contributed by atoms with E-state index < -0.39 is 0 Å². The second-order valence-corrected chi connectivity index (χ2v) is 5.46. The number of rotatable bonds is 3. The monoisotopic (exact) mass is 272 g/mol. The molecule has 1 atom stereocenters. The summed E-state index contributed by atoms with van der Waals surface area (Å²) in [5, 5.41) is 9.67. The molecule has 0 radical (unpaired) electrons. The van der Waals surface area contributed by atoms with E-state index in [1.54, 1.807) is 0 Å². The van der Waals surface area contributed by atoms with Crippen molar-refractivity contribution in [1.82, 2.24) is 19.4 Å². The lowest BCUT2D eigenvalue weighted by Crippen LogP contribution is -2.43. The van der Waals surface area contributed by atoms with E-state index in [9.17, 15) is 5.11 Å². The number of pyridine rings is 1. The highest BCUT2D eigenvalue weighted by molar-refractivity contribution is 5.21. The number of hydrogen-bond donors (Lipinski definition) is 1. The van der Waals surface area contributed by atoms with Gasteiger partial charge in [-0.05, 0) is 18.6 Å². The Balaban J connectivity index is 1.84. The molecule has 106 valence electrons. The van der Waals surface area contributed by atoms with Crippen LogP contribution >= 0.6 is 0 Å². The summed E-state index contributed by atoms with van der Waals surface area (Å²) < 4.78 is 2.06. The molecule has 2 aromatic heterocycles. The Bertz CT molecular complexity index is 608. The van der Waals surface area contributed by atoms with Crippen molar-refractivity contribution in [2.24, 2.45) is 7.05 Å². The summed E-state index contributed by atoms with van der Waals surface area (Å²) in [6.45, 7) is 3.77. The van der Waals surface area contributed by atoms with Crippen LogP contribution in [-0.4, -0.2) is 37.2 Å². The average Bonchev–Trinajstić information content (AvgIpc) is 2.81. The molecule has 5 nitrogen and oxygen atoms in total. The van der Waals surface area contributed by atoms with Gasteiger partial charge in [0.1, 0.15) is 0 Å². The third-order valence-corrected chi connectivity index (χ3v) is 4.13. The highest BCUT2D eigenvalue weighted by Crippen LogP contribution is 2.23. The van der Waals surface area contributed by atoms with Gasteiger partial charge in [0.15, 0.2) is 0 Å². The Kier molecular flexibility index (Phi) is 3.54. The molecule has 0 amide bonds. The van der Waals surface area contributed by atoms with Crippen molar-refractivity contribution in [3.05, 3.63) is 47.3 Å². The molecule has 0 aliphatic carbocycles. The van der Waals surface area contributed by atoms with Crippen LogP contribution in [0.1, 0.15) is 22.6 Å². The normalized spacial score (nSPS) is 19.1. The molecule has 1 N–H and O–H groups in total. The van der Waals surface area contributed by atoms with Crippen LogP contribution in [0, 0.1) is 6.92 Å². The average molecular weight is 272 g/mol. The van der Waals surface area contributed by atoms with E-state index in [-0.39, 0.29) is 12.6 Å². The zero-order valence-electron chi connectivity index (χ0n) is 12.0. The van der Waals surface area contributed by atoms with Gasteiger partial charge >= 0.3 is 0 Å². The molecule has 0 saturated carbocycles. The Hall–Kier alpha value is -1.72. The lowest BCUT2D eigenvalue weighted by Gasteiger charge is -2.34. The third-order valence-electron chi connectivity index (χ3n) is 4.13. The van der Waals surface area contributed by atoms with Gasteiger partial charge in [-0.1, -0.05) is 6.07 Å². The SMILES string of the molecule is Cc1cccnc1CN1Cc2ncn(C)c2C[C@@H]1CO. The molecule has 20 heavy (non-hydrogen) atoms. The standard InChI is InChI=1S/C15H20N4O/c1-11-4-3-5-16-13(11)7-19-8-14-15(6-12(19)9-20)18(2)10-17-14/h3-5,10,12,20H,6-9H2,1-2H3/t12-/m1/s1.